The van der Waals surface area contributed by atoms with Crippen LogP contribution in [-0.2, 0) is 9.59 Å². The minimum Gasteiger partial charge on any atom is -0.347 e. The smallest absolute Gasteiger partial charge is 0.316 e. The van der Waals surface area contributed by atoms with Gasteiger partial charge in [-0.2, -0.15) is 5.10 Å². The molecule has 1 aromatic rings. The van der Waals surface area contributed by atoms with E-state index in [1.54, 1.807) is 0 Å². The van der Waals surface area contributed by atoms with E-state index in [-0.39, 0.29) is 19.0 Å². The van der Waals surface area contributed by atoms with Gasteiger partial charge in [0.25, 0.3) is 0 Å². The number of rotatable bonds is 3. The molecule has 0 spiro atoms. The molecule has 0 aliphatic heterocycles. The topological polar surface area (TPSA) is 123 Å². The molecule has 0 unspecified atom stereocenters. The first-order valence-electron chi connectivity index (χ1n) is 4.17. The van der Waals surface area contributed by atoms with Crippen LogP contribution in [0.2, 0.25) is 0 Å². The Morgan fingerprint density at radius 1 is 1.33 bits per heavy atom. The summed E-state index contributed by atoms with van der Waals surface area (Å²) in [5.41, 5.74) is 5.15. The summed E-state index contributed by atoms with van der Waals surface area (Å²) in [4.78, 5) is 25.9. The largest absolute Gasteiger partial charge is 0.347 e. The summed E-state index contributed by atoms with van der Waals surface area (Å²) in [6.07, 6.45) is 2.70. The lowest BCUT2D eigenvalue weighted by atomic mass is 10.5. The van der Waals surface area contributed by atoms with Gasteiger partial charge in [-0.15, -0.1) is 5.10 Å². The monoisotopic (exact) mass is 210 g/mol. The Hall–Kier alpha value is -2.09. The van der Waals surface area contributed by atoms with Gasteiger partial charge in [-0.1, -0.05) is 0 Å². The van der Waals surface area contributed by atoms with Crippen LogP contribution in [0.5, 0.6) is 0 Å². The molecule has 0 aliphatic carbocycles. The molecule has 2 amide bonds. The molecular formula is C7H10N6O2. The molecule has 15 heavy (non-hydrogen) atoms. The highest BCUT2D eigenvalue weighted by atomic mass is 16.2. The van der Waals surface area contributed by atoms with Crippen LogP contribution in [0, 0.1) is 0 Å². The SMILES string of the molecule is NCCNC(=O)C(=O)Nc1nccnn1. The Kier molecular flexibility index (Phi) is 4.10. The fourth-order valence-corrected chi connectivity index (χ4v) is 0.729. The summed E-state index contributed by atoms with van der Waals surface area (Å²) in [7, 11) is 0. The van der Waals surface area contributed by atoms with Gasteiger partial charge in [-0.25, -0.2) is 4.98 Å². The van der Waals surface area contributed by atoms with Gasteiger partial charge in [-0.3, -0.25) is 14.9 Å². The third-order valence-electron chi connectivity index (χ3n) is 1.34. The van der Waals surface area contributed by atoms with Crippen LogP contribution in [0.1, 0.15) is 0 Å². The third-order valence-corrected chi connectivity index (χ3v) is 1.34. The van der Waals surface area contributed by atoms with E-state index in [4.69, 9.17) is 5.73 Å². The van der Waals surface area contributed by atoms with Crippen molar-refractivity contribution >= 4 is 17.8 Å². The fraction of sp³-hybridized carbons (Fsp3) is 0.286. The molecule has 0 aliphatic rings. The lowest BCUT2D eigenvalue weighted by molar-refractivity contribution is -0.136. The quantitative estimate of drug-likeness (QED) is 0.490. The van der Waals surface area contributed by atoms with E-state index in [9.17, 15) is 9.59 Å². The Morgan fingerprint density at radius 2 is 2.13 bits per heavy atom. The summed E-state index contributed by atoms with van der Waals surface area (Å²) >= 11 is 0. The molecule has 80 valence electrons. The van der Waals surface area contributed by atoms with Crippen LogP contribution in [0.25, 0.3) is 0 Å². The number of hydrogen-bond donors (Lipinski definition) is 3. The number of anilines is 1. The van der Waals surface area contributed by atoms with Crippen molar-refractivity contribution in [3.8, 4) is 0 Å². The third kappa shape index (κ3) is 3.65. The number of nitrogens with one attached hydrogen (secondary N) is 2. The molecule has 8 heteroatoms. The van der Waals surface area contributed by atoms with Crippen LogP contribution in [0.3, 0.4) is 0 Å². The van der Waals surface area contributed by atoms with Crippen LogP contribution in [-0.4, -0.2) is 40.1 Å². The van der Waals surface area contributed by atoms with Crippen molar-refractivity contribution in [2.75, 3.05) is 18.4 Å². The normalized spacial score (nSPS) is 9.40. The van der Waals surface area contributed by atoms with Gasteiger partial charge in [0.1, 0.15) is 0 Å². The van der Waals surface area contributed by atoms with E-state index >= 15 is 0 Å². The standard InChI is InChI=1S/C7H10N6O2/c8-1-2-9-5(14)6(15)12-7-10-3-4-11-13-7/h3-4H,1-2,8H2,(H,9,14)(H,10,12,13,15). The second kappa shape index (κ2) is 5.60. The highest BCUT2D eigenvalue weighted by Gasteiger charge is 2.13. The Labute approximate surface area is 85.3 Å². The number of aromatic nitrogens is 3. The van der Waals surface area contributed by atoms with Crippen molar-refractivity contribution < 1.29 is 9.59 Å². The van der Waals surface area contributed by atoms with Crippen LogP contribution in [0.15, 0.2) is 12.4 Å². The van der Waals surface area contributed by atoms with Gasteiger partial charge in [0, 0.05) is 13.1 Å². The molecule has 1 heterocycles. The highest BCUT2D eigenvalue weighted by molar-refractivity contribution is 6.39. The molecule has 0 fully saturated rings. The molecule has 0 aromatic carbocycles. The van der Waals surface area contributed by atoms with E-state index in [2.05, 4.69) is 25.8 Å². The summed E-state index contributed by atoms with van der Waals surface area (Å²) in [5, 5.41) is 11.4. The second-order valence-corrected chi connectivity index (χ2v) is 2.47. The van der Waals surface area contributed by atoms with E-state index < -0.39 is 11.8 Å². The maximum atomic E-state index is 11.1. The van der Waals surface area contributed by atoms with Crippen LogP contribution < -0.4 is 16.4 Å². The maximum absolute atomic E-state index is 11.1. The molecule has 4 N–H and O–H groups in total. The first-order valence-corrected chi connectivity index (χ1v) is 4.17. The zero-order chi connectivity index (χ0) is 11.1. The summed E-state index contributed by atoms with van der Waals surface area (Å²) in [6, 6.07) is 0. The van der Waals surface area contributed by atoms with Crippen molar-refractivity contribution in [1.29, 1.82) is 0 Å². The zero-order valence-electron chi connectivity index (χ0n) is 7.80. The van der Waals surface area contributed by atoms with Gasteiger partial charge in [-0.05, 0) is 0 Å². The van der Waals surface area contributed by atoms with Crippen molar-refractivity contribution in [1.82, 2.24) is 20.5 Å². The average Bonchev–Trinajstić information content (AvgIpc) is 2.27. The zero-order valence-corrected chi connectivity index (χ0v) is 7.80. The first-order chi connectivity index (χ1) is 7.24. The van der Waals surface area contributed by atoms with Crippen molar-refractivity contribution in [2.24, 2.45) is 5.73 Å². The summed E-state index contributed by atoms with van der Waals surface area (Å²) < 4.78 is 0. The Bertz CT molecular complexity index is 341. The molecule has 0 saturated carbocycles. The van der Waals surface area contributed by atoms with Gasteiger partial charge < -0.3 is 11.1 Å². The van der Waals surface area contributed by atoms with Gasteiger partial charge in [0.2, 0.25) is 5.95 Å². The Morgan fingerprint density at radius 3 is 2.73 bits per heavy atom. The fourth-order valence-electron chi connectivity index (χ4n) is 0.729. The number of nitrogens with zero attached hydrogens (tertiary/aromatic N) is 3. The number of amides is 2. The number of nitrogens with two attached hydrogens (primary N) is 1. The summed E-state index contributed by atoms with van der Waals surface area (Å²) in [6.45, 7) is 0.503. The first kappa shape index (κ1) is 11.0. The second-order valence-electron chi connectivity index (χ2n) is 2.47. The molecule has 8 nitrogen and oxygen atoms in total. The average molecular weight is 210 g/mol. The Balaban J connectivity index is 2.45. The number of carbonyl (C=O) groups excluding carboxylic acids is 2. The molecule has 0 radical (unpaired) electrons. The summed E-state index contributed by atoms with van der Waals surface area (Å²) in [5.74, 6) is -1.66. The van der Waals surface area contributed by atoms with E-state index in [0.717, 1.165) is 0 Å². The van der Waals surface area contributed by atoms with Crippen molar-refractivity contribution in [2.45, 2.75) is 0 Å². The molecule has 0 atom stereocenters. The van der Waals surface area contributed by atoms with Crippen molar-refractivity contribution in [3.05, 3.63) is 12.4 Å². The maximum Gasteiger partial charge on any atom is 0.316 e. The molecule has 0 saturated heterocycles. The predicted octanol–water partition coefficient (Wildman–Crippen LogP) is -2.11. The number of carbonyl (C=O) groups is 2. The number of hydrogen-bond acceptors (Lipinski definition) is 6. The minimum absolute atomic E-state index is 0.0228. The van der Waals surface area contributed by atoms with Crippen molar-refractivity contribution in [3.63, 3.8) is 0 Å². The van der Waals surface area contributed by atoms with E-state index in [1.165, 1.54) is 12.4 Å². The van der Waals surface area contributed by atoms with Crippen LogP contribution >= 0.6 is 0 Å². The molecule has 0 bridgehead atoms. The van der Waals surface area contributed by atoms with Gasteiger partial charge in [0.15, 0.2) is 0 Å². The van der Waals surface area contributed by atoms with E-state index in [1.807, 2.05) is 0 Å². The van der Waals surface area contributed by atoms with Gasteiger partial charge >= 0.3 is 11.8 Å². The van der Waals surface area contributed by atoms with Crippen LogP contribution in [0.4, 0.5) is 5.95 Å². The predicted molar refractivity (Wildman–Crippen MR) is 50.5 cm³/mol. The van der Waals surface area contributed by atoms with E-state index in [0.29, 0.717) is 0 Å². The molecular weight excluding hydrogens is 200 g/mol. The highest BCUT2D eigenvalue weighted by Crippen LogP contribution is 1.90. The van der Waals surface area contributed by atoms with Gasteiger partial charge in [0.05, 0.1) is 12.4 Å². The lowest BCUT2D eigenvalue weighted by Gasteiger charge is -2.02. The molecule has 1 aromatic heterocycles. The lowest BCUT2D eigenvalue weighted by Crippen LogP contribution is -2.38. The molecule has 1 rings (SSSR count). The minimum atomic E-state index is -0.851.